The van der Waals surface area contributed by atoms with Crippen LogP contribution in [0, 0.1) is 0 Å². The molecule has 0 saturated carbocycles. The highest BCUT2D eigenvalue weighted by Gasteiger charge is 2.08. The average Bonchev–Trinajstić information content (AvgIpc) is 2.75. The fraction of sp³-hybridized carbons (Fsp3) is 0.200. The minimum Gasteiger partial charge on any atom is -0.388 e. The Kier molecular flexibility index (Phi) is 2.99. The molecular weight excluding hydrogens is 220 g/mol. The van der Waals surface area contributed by atoms with Crippen LogP contribution >= 0.6 is 0 Å². The molecule has 0 radical (unpaired) electrons. The molecule has 88 valence electrons. The van der Waals surface area contributed by atoms with E-state index in [0.29, 0.717) is 5.56 Å². The zero-order valence-electron chi connectivity index (χ0n) is 9.51. The largest absolute Gasteiger partial charge is 0.388 e. The Morgan fingerprint density at radius 2 is 2.00 bits per heavy atom. The van der Waals surface area contributed by atoms with Gasteiger partial charge >= 0.3 is 0 Å². The van der Waals surface area contributed by atoms with Crippen molar-refractivity contribution in [3.63, 3.8) is 0 Å². The smallest absolute Gasteiger partial charge is 0.270 e. The van der Waals surface area contributed by atoms with Gasteiger partial charge < -0.3 is 5.32 Å². The van der Waals surface area contributed by atoms with Gasteiger partial charge in [0.05, 0.1) is 7.05 Å². The highest BCUT2D eigenvalue weighted by atomic mass is 16.1. The molecule has 7 heteroatoms. The van der Waals surface area contributed by atoms with Gasteiger partial charge in [-0.05, 0) is 29.5 Å². The van der Waals surface area contributed by atoms with Crippen LogP contribution in [0.1, 0.15) is 10.4 Å². The number of nitrogens with zero attached hydrogens (tertiary/aromatic N) is 4. The first kappa shape index (κ1) is 11.1. The Balaban J connectivity index is 2.09. The minimum absolute atomic E-state index is 0.190. The number of carbonyl (C=O) groups is 1. The number of hydrogen-bond donors (Lipinski definition) is 2. The second-order valence-corrected chi connectivity index (χ2v) is 3.38. The fourth-order valence-corrected chi connectivity index (χ4v) is 1.30. The van der Waals surface area contributed by atoms with Crippen molar-refractivity contribution in [1.82, 2.24) is 20.2 Å². The van der Waals surface area contributed by atoms with E-state index in [4.69, 9.17) is 0 Å². The molecule has 7 nitrogen and oxygen atoms in total. The van der Waals surface area contributed by atoms with Crippen molar-refractivity contribution in [2.45, 2.75) is 0 Å². The van der Waals surface area contributed by atoms with Crippen LogP contribution in [-0.4, -0.2) is 33.2 Å². The van der Waals surface area contributed by atoms with Crippen molar-refractivity contribution in [3.05, 3.63) is 29.8 Å². The molecule has 0 saturated heterocycles. The molecular formula is C10H12N6O. The summed E-state index contributed by atoms with van der Waals surface area (Å²) in [6.45, 7) is 0. The van der Waals surface area contributed by atoms with Crippen LogP contribution in [0.15, 0.2) is 24.3 Å². The maximum absolute atomic E-state index is 11.8. The number of hydrogen-bond acceptors (Lipinski definition) is 5. The molecule has 0 bridgehead atoms. The number of rotatable bonds is 3. The molecule has 0 atom stereocenters. The molecule has 0 aliphatic heterocycles. The van der Waals surface area contributed by atoms with Gasteiger partial charge in [0.25, 0.3) is 11.9 Å². The predicted molar refractivity (Wildman–Crippen MR) is 62.7 cm³/mol. The van der Waals surface area contributed by atoms with E-state index in [1.807, 2.05) is 19.2 Å². The Morgan fingerprint density at radius 3 is 2.53 bits per heavy atom. The van der Waals surface area contributed by atoms with E-state index >= 15 is 0 Å². The Labute approximate surface area is 97.8 Å². The maximum atomic E-state index is 11.8. The first-order valence-corrected chi connectivity index (χ1v) is 5.02. The van der Waals surface area contributed by atoms with Crippen molar-refractivity contribution < 1.29 is 4.79 Å². The van der Waals surface area contributed by atoms with E-state index in [0.717, 1.165) is 5.69 Å². The number of tetrazole rings is 1. The summed E-state index contributed by atoms with van der Waals surface area (Å²) in [6.07, 6.45) is 0. The number of carbonyl (C=O) groups excluding carboxylic acids is 1. The third-order valence-corrected chi connectivity index (χ3v) is 2.17. The lowest BCUT2D eigenvalue weighted by Gasteiger charge is -2.02. The number of amides is 1. The van der Waals surface area contributed by atoms with Crippen molar-refractivity contribution in [2.24, 2.45) is 7.05 Å². The van der Waals surface area contributed by atoms with E-state index < -0.39 is 0 Å². The monoisotopic (exact) mass is 232 g/mol. The van der Waals surface area contributed by atoms with E-state index in [1.165, 1.54) is 4.80 Å². The molecule has 1 heterocycles. The molecule has 0 spiro atoms. The molecule has 1 amide bonds. The molecule has 0 aliphatic rings. The highest BCUT2D eigenvalue weighted by molar-refractivity contribution is 6.03. The van der Waals surface area contributed by atoms with Gasteiger partial charge in [-0.1, -0.05) is 5.10 Å². The summed E-state index contributed by atoms with van der Waals surface area (Å²) in [5.41, 5.74) is 1.48. The van der Waals surface area contributed by atoms with E-state index in [2.05, 4.69) is 26.0 Å². The van der Waals surface area contributed by atoms with Crippen LogP contribution in [0.5, 0.6) is 0 Å². The van der Waals surface area contributed by atoms with Crippen LogP contribution in [0.3, 0.4) is 0 Å². The van der Waals surface area contributed by atoms with Crippen LogP contribution in [0.4, 0.5) is 11.6 Å². The second-order valence-electron chi connectivity index (χ2n) is 3.38. The van der Waals surface area contributed by atoms with Crippen molar-refractivity contribution in [2.75, 3.05) is 17.7 Å². The number of aromatic nitrogens is 4. The first-order valence-electron chi connectivity index (χ1n) is 5.02. The molecule has 2 rings (SSSR count). The third-order valence-electron chi connectivity index (χ3n) is 2.17. The van der Waals surface area contributed by atoms with Crippen LogP contribution in [0.25, 0.3) is 0 Å². The summed E-state index contributed by atoms with van der Waals surface area (Å²) in [7, 11) is 3.45. The zero-order chi connectivity index (χ0) is 12.3. The molecule has 0 unspecified atom stereocenters. The van der Waals surface area contributed by atoms with Gasteiger partial charge in [-0.25, -0.2) is 0 Å². The van der Waals surface area contributed by atoms with E-state index in [9.17, 15) is 4.79 Å². The maximum Gasteiger partial charge on any atom is 0.270 e. The number of nitrogens with one attached hydrogen (secondary N) is 2. The van der Waals surface area contributed by atoms with Crippen LogP contribution < -0.4 is 10.6 Å². The summed E-state index contributed by atoms with van der Waals surface area (Å²) >= 11 is 0. The molecule has 0 aliphatic carbocycles. The highest BCUT2D eigenvalue weighted by Crippen LogP contribution is 2.09. The molecule has 0 fully saturated rings. The van der Waals surface area contributed by atoms with Crippen LogP contribution in [-0.2, 0) is 7.05 Å². The van der Waals surface area contributed by atoms with Crippen molar-refractivity contribution >= 4 is 17.5 Å². The standard InChI is InChI=1S/C10H12N6O/c1-11-8-5-3-7(4-6-8)9(17)12-10-13-15-16(2)14-10/h3-6,11H,1-2H3,(H,12,14,17). The predicted octanol–water partition coefficient (Wildman–Crippen LogP) is 0.504. The Hall–Kier alpha value is -2.44. The van der Waals surface area contributed by atoms with Gasteiger partial charge in [0.1, 0.15) is 0 Å². The summed E-state index contributed by atoms with van der Waals surface area (Å²) in [5, 5.41) is 16.7. The van der Waals surface area contributed by atoms with E-state index in [1.54, 1.807) is 19.2 Å². The molecule has 2 N–H and O–H groups in total. The average molecular weight is 232 g/mol. The Morgan fingerprint density at radius 1 is 1.29 bits per heavy atom. The molecule has 17 heavy (non-hydrogen) atoms. The number of benzene rings is 1. The SMILES string of the molecule is CNc1ccc(C(=O)Nc2nnn(C)n2)cc1. The Bertz CT molecular complexity index is 518. The summed E-state index contributed by atoms with van der Waals surface area (Å²) in [5.74, 6) is -0.0733. The topological polar surface area (TPSA) is 84.7 Å². The second kappa shape index (κ2) is 4.60. The summed E-state index contributed by atoms with van der Waals surface area (Å²) < 4.78 is 0. The minimum atomic E-state index is -0.263. The van der Waals surface area contributed by atoms with Gasteiger partial charge in [0.15, 0.2) is 0 Å². The number of anilines is 2. The van der Waals surface area contributed by atoms with Gasteiger partial charge in [-0.15, -0.1) is 5.10 Å². The van der Waals surface area contributed by atoms with E-state index in [-0.39, 0.29) is 11.9 Å². The normalized spacial score (nSPS) is 10.0. The molecule has 2 aromatic rings. The lowest BCUT2D eigenvalue weighted by atomic mass is 10.2. The molecule has 1 aromatic carbocycles. The molecule has 1 aromatic heterocycles. The number of aryl methyl sites for hydroxylation is 1. The first-order chi connectivity index (χ1) is 8.19. The van der Waals surface area contributed by atoms with Crippen LogP contribution in [0.2, 0.25) is 0 Å². The fourth-order valence-electron chi connectivity index (χ4n) is 1.30. The third kappa shape index (κ3) is 2.57. The summed E-state index contributed by atoms with van der Waals surface area (Å²) in [4.78, 5) is 13.1. The quantitative estimate of drug-likeness (QED) is 0.805. The van der Waals surface area contributed by atoms with Gasteiger partial charge in [0, 0.05) is 18.3 Å². The summed E-state index contributed by atoms with van der Waals surface area (Å²) in [6, 6.07) is 7.08. The lowest BCUT2D eigenvalue weighted by Crippen LogP contribution is -2.13. The zero-order valence-corrected chi connectivity index (χ0v) is 9.51. The van der Waals surface area contributed by atoms with Crippen molar-refractivity contribution in [1.29, 1.82) is 0 Å². The van der Waals surface area contributed by atoms with Crippen molar-refractivity contribution in [3.8, 4) is 0 Å². The van der Waals surface area contributed by atoms with Gasteiger partial charge in [-0.3, -0.25) is 10.1 Å². The van der Waals surface area contributed by atoms with Gasteiger partial charge in [-0.2, -0.15) is 4.80 Å². The van der Waals surface area contributed by atoms with Gasteiger partial charge in [0.2, 0.25) is 0 Å². The lowest BCUT2D eigenvalue weighted by molar-refractivity contribution is 0.102.